The second-order valence-electron chi connectivity index (χ2n) is 5.45. The zero-order chi connectivity index (χ0) is 15.5. The molecular formula is C18H17N3O. The molecule has 2 N–H and O–H groups in total. The fourth-order valence-corrected chi connectivity index (χ4v) is 2.87. The van der Waals surface area contributed by atoms with Gasteiger partial charge in [0.15, 0.2) is 0 Å². The highest BCUT2D eigenvalue weighted by Gasteiger charge is 2.18. The number of nitrogens with one attached hydrogen (secondary N) is 2. The maximum atomic E-state index is 11.1. The lowest BCUT2D eigenvalue weighted by Crippen LogP contribution is -2.19. The first-order valence-electron chi connectivity index (χ1n) is 7.28. The molecule has 0 saturated heterocycles. The molecule has 0 radical (unpaired) electrons. The molecule has 0 aliphatic carbocycles. The second kappa shape index (κ2) is 6.00. The van der Waals surface area contributed by atoms with E-state index in [-0.39, 0.29) is 5.91 Å². The van der Waals surface area contributed by atoms with Crippen LogP contribution < -0.4 is 10.6 Å². The van der Waals surface area contributed by atoms with Gasteiger partial charge in [0.1, 0.15) is 0 Å². The molecule has 0 unspecified atom stereocenters. The van der Waals surface area contributed by atoms with Gasteiger partial charge in [-0.25, -0.2) is 0 Å². The summed E-state index contributed by atoms with van der Waals surface area (Å²) in [4.78, 5) is 11.1. The molecule has 2 aromatic rings. The van der Waals surface area contributed by atoms with Gasteiger partial charge in [0.05, 0.1) is 11.6 Å². The maximum Gasteiger partial charge on any atom is 0.217 e. The molecule has 0 fully saturated rings. The number of carbonyl (C=O) groups is 1. The summed E-state index contributed by atoms with van der Waals surface area (Å²) in [5.41, 5.74) is 6.25. The molecule has 1 amide bonds. The number of nitriles is 1. The summed E-state index contributed by atoms with van der Waals surface area (Å²) in [5, 5.41) is 15.5. The lowest BCUT2D eigenvalue weighted by Gasteiger charge is -2.13. The van der Waals surface area contributed by atoms with E-state index in [1.54, 1.807) is 0 Å². The van der Waals surface area contributed by atoms with E-state index < -0.39 is 0 Å². The Morgan fingerprint density at radius 2 is 2.09 bits per heavy atom. The fraction of sp³-hybridized carbons (Fsp3) is 0.222. The molecule has 2 aromatic carbocycles. The number of nitrogens with zero attached hydrogens (tertiary/aromatic N) is 1. The first-order valence-corrected chi connectivity index (χ1v) is 7.28. The van der Waals surface area contributed by atoms with Crippen molar-refractivity contribution in [1.29, 1.82) is 5.26 Å². The van der Waals surface area contributed by atoms with Crippen LogP contribution in [0.5, 0.6) is 0 Å². The molecule has 0 aromatic heterocycles. The number of benzene rings is 2. The van der Waals surface area contributed by atoms with Gasteiger partial charge in [-0.05, 0) is 39.9 Å². The van der Waals surface area contributed by atoms with Gasteiger partial charge in [0, 0.05) is 26.6 Å². The Bertz CT molecular complexity index is 774. The summed E-state index contributed by atoms with van der Waals surface area (Å²) in [6, 6.07) is 14.1. The van der Waals surface area contributed by atoms with Gasteiger partial charge in [-0.3, -0.25) is 4.79 Å². The van der Waals surface area contributed by atoms with Crippen LogP contribution in [0.25, 0.3) is 11.1 Å². The molecule has 1 heterocycles. The van der Waals surface area contributed by atoms with E-state index in [0.717, 1.165) is 29.8 Å². The number of fused-ring (bicyclic) bond motifs is 1. The smallest absolute Gasteiger partial charge is 0.217 e. The monoisotopic (exact) mass is 291 g/mol. The first-order chi connectivity index (χ1) is 10.7. The number of rotatable bonds is 3. The van der Waals surface area contributed by atoms with E-state index in [9.17, 15) is 10.1 Å². The van der Waals surface area contributed by atoms with Gasteiger partial charge in [0.25, 0.3) is 0 Å². The van der Waals surface area contributed by atoms with Crippen molar-refractivity contribution in [3.63, 3.8) is 0 Å². The number of hydrogen-bond donors (Lipinski definition) is 2. The molecule has 0 saturated carbocycles. The predicted octanol–water partition coefficient (Wildman–Crippen LogP) is 2.46. The van der Waals surface area contributed by atoms with E-state index >= 15 is 0 Å². The van der Waals surface area contributed by atoms with Crippen LogP contribution in [0.1, 0.15) is 29.2 Å². The Labute approximate surface area is 129 Å². The van der Waals surface area contributed by atoms with Gasteiger partial charge in [-0.1, -0.05) is 24.3 Å². The minimum absolute atomic E-state index is 0.0439. The largest absolute Gasteiger partial charge is 0.352 e. The minimum atomic E-state index is -0.0439. The standard InChI is InChI=1S/C18H17N3O/c1-12(22)21-9-13-6-15-10-20-11-18(15)17(7-13)16-5-3-2-4-14(16)8-19/h2-7,20H,9-11H2,1H3,(H,21,22). The molecule has 0 spiro atoms. The summed E-state index contributed by atoms with van der Waals surface area (Å²) >= 11 is 0. The van der Waals surface area contributed by atoms with Crippen LogP contribution in [-0.2, 0) is 24.4 Å². The van der Waals surface area contributed by atoms with Crippen LogP contribution in [0.2, 0.25) is 0 Å². The van der Waals surface area contributed by atoms with Crippen molar-refractivity contribution in [2.45, 2.75) is 26.6 Å². The molecule has 1 aliphatic rings. The minimum Gasteiger partial charge on any atom is -0.352 e. The summed E-state index contributed by atoms with van der Waals surface area (Å²) in [7, 11) is 0. The van der Waals surface area contributed by atoms with E-state index in [2.05, 4.69) is 28.8 Å². The fourth-order valence-electron chi connectivity index (χ4n) is 2.87. The van der Waals surface area contributed by atoms with Crippen molar-refractivity contribution in [1.82, 2.24) is 10.6 Å². The van der Waals surface area contributed by atoms with Crippen LogP contribution in [0, 0.1) is 11.3 Å². The molecule has 110 valence electrons. The Hall–Kier alpha value is -2.64. The van der Waals surface area contributed by atoms with E-state index in [1.165, 1.54) is 18.1 Å². The molecule has 22 heavy (non-hydrogen) atoms. The van der Waals surface area contributed by atoms with Gasteiger partial charge in [-0.15, -0.1) is 0 Å². The van der Waals surface area contributed by atoms with Crippen molar-refractivity contribution >= 4 is 5.91 Å². The van der Waals surface area contributed by atoms with Crippen molar-refractivity contribution in [3.8, 4) is 17.2 Å². The highest BCUT2D eigenvalue weighted by atomic mass is 16.1. The normalized spacial score (nSPS) is 12.5. The Morgan fingerprint density at radius 3 is 2.86 bits per heavy atom. The zero-order valence-corrected chi connectivity index (χ0v) is 12.4. The van der Waals surface area contributed by atoms with Crippen LogP contribution in [-0.4, -0.2) is 5.91 Å². The van der Waals surface area contributed by atoms with E-state index in [0.29, 0.717) is 12.1 Å². The average Bonchev–Trinajstić information content (AvgIpc) is 3.00. The maximum absolute atomic E-state index is 11.1. The summed E-state index contributed by atoms with van der Waals surface area (Å²) in [6.45, 7) is 3.65. The van der Waals surface area contributed by atoms with Crippen LogP contribution >= 0.6 is 0 Å². The third-order valence-electron chi connectivity index (χ3n) is 3.90. The van der Waals surface area contributed by atoms with Crippen LogP contribution in [0.3, 0.4) is 0 Å². The van der Waals surface area contributed by atoms with Crippen molar-refractivity contribution in [2.24, 2.45) is 0 Å². The highest BCUT2D eigenvalue weighted by Crippen LogP contribution is 2.32. The zero-order valence-electron chi connectivity index (χ0n) is 12.4. The van der Waals surface area contributed by atoms with Gasteiger partial charge >= 0.3 is 0 Å². The second-order valence-corrected chi connectivity index (χ2v) is 5.45. The van der Waals surface area contributed by atoms with E-state index in [4.69, 9.17) is 0 Å². The lowest BCUT2D eigenvalue weighted by molar-refractivity contribution is -0.119. The van der Waals surface area contributed by atoms with Gasteiger partial charge < -0.3 is 10.6 Å². The topological polar surface area (TPSA) is 64.9 Å². The van der Waals surface area contributed by atoms with Crippen LogP contribution in [0.15, 0.2) is 36.4 Å². The molecule has 4 nitrogen and oxygen atoms in total. The van der Waals surface area contributed by atoms with Crippen molar-refractivity contribution < 1.29 is 4.79 Å². The Morgan fingerprint density at radius 1 is 1.27 bits per heavy atom. The summed E-state index contributed by atoms with van der Waals surface area (Å²) in [6.07, 6.45) is 0. The number of amides is 1. The molecule has 1 aliphatic heterocycles. The quantitative estimate of drug-likeness (QED) is 0.913. The summed E-state index contributed by atoms with van der Waals surface area (Å²) in [5.74, 6) is -0.0439. The number of carbonyl (C=O) groups excluding carboxylic acids is 1. The Balaban J connectivity index is 2.10. The van der Waals surface area contributed by atoms with Gasteiger partial charge in [-0.2, -0.15) is 5.26 Å². The predicted molar refractivity (Wildman–Crippen MR) is 84.7 cm³/mol. The third kappa shape index (κ3) is 2.72. The SMILES string of the molecule is CC(=O)NCc1cc2c(c(-c3ccccc3C#N)c1)CNC2. The summed E-state index contributed by atoms with van der Waals surface area (Å²) < 4.78 is 0. The van der Waals surface area contributed by atoms with Gasteiger partial charge in [0.2, 0.25) is 5.91 Å². The van der Waals surface area contributed by atoms with Crippen LogP contribution in [0.4, 0.5) is 0 Å². The average molecular weight is 291 g/mol. The molecule has 0 atom stereocenters. The third-order valence-corrected chi connectivity index (χ3v) is 3.90. The molecule has 0 bridgehead atoms. The first kappa shape index (κ1) is 14.3. The molecule has 3 rings (SSSR count). The highest BCUT2D eigenvalue weighted by molar-refractivity contribution is 5.76. The number of hydrogen-bond acceptors (Lipinski definition) is 3. The molecular weight excluding hydrogens is 274 g/mol. The van der Waals surface area contributed by atoms with E-state index in [1.807, 2.05) is 24.3 Å². The molecule has 4 heteroatoms. The lowest BCUT2D eigenvalue weighted by atomic mass is 9.92. The van der Waals surface area contributed by atoms with Crippen molar-refractivity contribution in [2.75, 3.05) is 0 Å². The Kier molecular flexibility index (Phi) is 3.90. The van der Waals surface area contributed by atoms with Crippen molar-refractivity contribution in [3.05, 3.63) is 58.7 Å².